The Kier molecular flexibility index (Phi) is 6.75. The third-order valence-corrected chi connectivity index (χ3v) is 6.27. The third-order valence-electron chi connectivity index (χ3n) is 5.65. The molecular weight excluding hydrogens is 498 g/mol. The highest BCUT2D eigenvalue weighted by Gasteiger charge is 2.47. The minimum atomic E-state index is -0.793. The minimum absolute atomic E-state index is 0.0292. The Bertz CT molecular complexity index is 1280. The van der Waals surface area contributed by atoms with Crippen LogP contribution in [0.5, 0.6) is 11.5 Å². The highest BCUT2D eigenvalue weighted by atomic mass is 79.9. The number of methoxy groups -OCH3 is 1. The van der Waals surface area contributed by atoms with E-state index in [1.807, 2.05) is 38.1 Å². The van der Waals surface area contributed by atoms with Crippen molar-refractivity contribution in [3.63, 3.8) is 0 Å². The summed E-state index contributed by atoms with van der Waals surface area (Å²) >= 11 is 3.42. The first-order chi connectivity index (χ1) is 16.3. The Balaban J connectivity index is 1.90. The highest BCUT2D eigenvalue weighted by molar-refractivity contribution is 9.10. The van der Waals surface area contributed by atoms with Crippen molar-refractivity contribution in [1.82, 2.24) is 0 Å². The van der Waals surface area contributed by atoms with Crippen LogP contribution in [0.1, 0.15) is 29.7 Å². The van der Waals surface area contributed by atoms with Crippen molar-refractivity contribution in [2.24, 2.45) is 0 Å². The number of aliphatic hydroxyl groups is 1. The fourth-order valence-electron chi connectivity index (χ4n) is 4.09. The second kappa shape index (κ2) is 9.73. The molecule has 1 aliphatic heterocycles. The number of halogens is 1. The number of carbonyl (C=O) groups is 2. The molecule has 7 heteroatoms. The molecule has 0 radical (unpaired) electrons. The van der Waals surface area contributed by atoms with Crippen molar-refractivity contribution in [2.45, 2.75) is 19.9 Å². The summed E-state index contributed by atoms with van der Waals surface area (Å²) in [6, 6.07) is 18.8. The van der Waals surface area contributed by atoms with E-state index in [1.165, 1.54) is 4.90 Å². The maximum Gasteiger partial charge on any atom is 0.300 e. The van der Waals surface area contributed by atoms with Crippen molar-refractivity contribution >= 4 is 39.1 Å². The molecule has 1 heterocycles. The van der Waals surface area contributed by atoms with Crippen LogP contribution in [-0.2, 0) is 9.59 Å². The number of benzene rings is 3. The van der Waals surface area contributed by atoms with Crippen LogP contribution in [0.15, 0.2) is 76.8 Å². The zero-order valence-corrected chi connectivity index (χ0v) is 20.6. The van der Waals surface area contributed by atoms with Gasteiger partial charge in [0.15, 0.2) is 0 Å². The van der Waals surface area contributed by atoms with Crippen LogP contribution < -0.4 is 14.4 Å². The van der Waals surface area contributed by atoms with Crippen molar-refractivity contribution < 1.29 is 24.2 Å². The SMILES string of the molecule is CCOc1ccc(N2C(=O)C(=O)/C(=C(\O)c3ccc(OC)c(Br)c3)C2c2cccc(C)c2)cc1. The lowest BCUT2D eigenvalue weighted by Gasteiger charge is -2.26. The van der Waals surface area contributed by atoms with Gasteiger partial charge in [0, 0.05) is 11.3 Å². The number of nitrogens with zero attached hydrogens (tertiary/aromatic N) is 1. The van der Waals surface area contributed by atoms with Crippen molar-refractivity contribution in [3.8, 4) is 11.5 Å². The van der Waals surface area contributed by atoms with Crippen molar-refractivity contribution in [2.75, 3.05) is 18.6 Å². The Morgan fingerprint density at radius 2 is 1.79 bits per heavy atom. The van der Waals surface area contributed by atoms with E-state index in [-0.39, 0.29) is 11.3 Å². The molecule has 1 N–H and O–H groups in total. The summed E-state index contributed by atoms with van der Waals surface area (Å²) in [7, 11) is 1.54. The number of aliphatic hydroxyl groups excluding tert-OH is 1. The van der Waals surface area contributed by atoms with Gasteiger partial charge < -0.3 is 14.6 Å². The van der Waals surface area contributed by atoms with Gasteiger partial charge >= 0.3 is 0 Å². The number of hydrogen-bond donors (Lipinski definition) is 1. The number of rotatable bonds is 6. The number of hydrogen-bond acceptors (Lipinski definition) is 5. The van der Waals surface area contributed by atoms with Gasteiger partial charge in [0.25, 0.3) is 11.7 Å². The van der Waals surface area contributed by atoms with E-state index in [1.54, 1.807) is 49.6 Å². The number of aryl methyl sites for hydroxylation is 1. The molecule has 6 nitrogen and oxygen atoms in total. The summed E-state index contributed by atoms with van der Waals surface area (Å²) in [6.07, 6.45) is 0. The fraction of sp³-hybridized carbons (Fsp3) is 0.185. The molecule has 174 valence electrons. The molecule has 1 atom stereocenters. The predicted octanol–water partition coefficient (Wildman–Crippen LogP) is 5.79. The quantitative estimate of drug-likeness (QED) is 0.252. The van der Waals surface area contributed by atoms with E-state index < -0.39 is 17.7 Å². The van der Waals surface area contributed by atoms with E-state index >= 15 is 0 Å². The lowest BCUT2D eigenvalue weighted by molar-refractivity contribution is -0.132. The van der Waals surface area contributed by atoms with E-state index in [2.05, 4.69) is 15.9 Å². The minimum Gasteiger partial charge on any atom is -0.507 e. The summed E-state index contributed by atoms with van der Waals surface area (Å²) in [5.74, 6) is -0.448. The topological polar surface area (TPSA) is 76.1 Å². The Labute approximate surface area is 206 Å². The zero-order chi connectivity index (χ0) is 24.4. The summed E-state index contributed by atoms with van der Waals surface area (Å²) in [6.45, 7) is 4.35. The van der Waals surface area contributed by atoms with Crippen LogP contribution in [0.25, 0.3) is 5.76 Å². The molecule has 3 aromatic rings. The van der Waals surface area contributed by atoms with Gasteiger partial charge in [0.2, 0.25) is 0 Å². The first-order valence-electron chi connectivity index (χ1n) is 10.8. The van der Waals surface area contributed by atoms with Crippen LogP contribution in [0.2, 0.25) is 0 Å². The molecule has 0 spiro atoms. The van der Waals surface area contributed by atoms with E-state index in [0.29, 0.717) is 33.8 Å². The summed E-state index contributed by atoms with van der Waals surface area (Å²) in [4.78, 5) is 28.0. The largest absolute Gasteiger partial charge is 0.507 e. The van der Waals surface area contributed by atoms with Crippen molar-refractivity contribution in [3.05, 3.63) is 93.5 Å². The van der Waals surface area contributed by atoms with Crippen LogP contribution in [0.4, 0.5) is 5.69 Å². The molecule has 1 saturated heterocycles. The van der Waals surface area contributed by atoms with E-state index in [4.69, 9.17) is 9.47 Å². The summed E-state index contributed by atoms with van der Waals surface area (Å²) in [5, 5.41) is 11.3. The van der Waals surface area contributed by atoms with Gasteiger partial charge in [-0.05, 0) is 77.8 Å². The lowest BCUT2D eigenvalue weighted by Crippen LogP contribution is -2.29. The van der Waals surface area contributed by atoms with Gasteiger partial charge in [-0.1, -0.05) is 29.8 Å². The van der Waals surface area contributed by atoms with Crippen LogP contribution in [-0.4, -0.2) is 30.5 Å². The summed E-state index contributed by atoms with van der Waals surface area (Å²) < 4.78 is 11.4. The second-order valence-corrected chi connectivity index (χ2v) is 8.71. The summed E-state index contributed by atoms with van der Waals surface area (Å²) in [5.41, 5.74) is 2.66. The van der Waals surface area contributed by atoms with Gasteiger partial charge in [0.1, 0.15) is 17.3 Å². The molecular formula is C27H24BrNO5. The smallest absolute Gasteiger partial charge is 0.300 e. The number of amides is 1. The standard InChI is InChI=1S/C27H24BrNO5/c1-4-34-20-11-9-19(10-12-20)29-24(17-7-5-6-16(2)14-17)23(26(31)27(29)32)25(30)18-8-13-22(33-3)21(28)15-18/h5-15,24,30H,4H2,1-3H3/b25-23-. The predicted molar refractivity (Wildman–Crippen MR) is 134 cm³/mol. The molecule has 1 amide bonds. The Hall–Kier alpha value is -3.58. The maximum atomic E-state index is 13.3. The lowest BCUT2D eigenvalue weighted by atomic mass is 9.94. The normalized spacial score (nSPS) is 17.2. The second-order valence-electron chi connectivity index (χ2n) is 7.86. The zero-order valence-electron chi connectivity index (χ0n) is 19.0. The average Bonchev–Trinajstić information content (AvgIpc) is 3.10. The van der Waals surface area contributed by atoms with Gasteiger partial charge in [-0.25, -0.2) is 0 Å². The van der Waals surface area contributed by atoms with Gasteiger partial charge in [-0.15, -0.1) is 0 Å². The van der Waals surface area contributed by atoms with Crippen LogP contribution >= 0.6 is 15.9 Å². The number of ketones is 1. The molecule has 1 unspecified atom stereocenters. The molecule has 0 aliphatic carbocycles. The number of Topliss-reactive ketones (excluding diaryl/α,β-unsaturated/α-hetero) is 1. The maximum absolute atomic E-state index is 13.3. The molecule has 0 aromatic heterocycles. The van der Waals surface area contributed by atoms with Crippen LogP contribution in [0.3, 0.4) is 0 Å². The van der Waals surface area contributed by atoms with Crippen molar-refractivity contribution in [1.29, 1.82) is 0 Å². The third kappa shape index (κ3) is 4.31. The molecule has 4 rings (SSSR count). The van der Waals surface area contributed by atoms with E-state index in [0.717, 1.165) is 11.1 Å². The Morgan fingerprint density at radius 3 is 2.41 bits per heavy atom. The van der Waals surface area contributed by atoms with Crippen LogP contribution in [0, 0.1) is 6.92 Å². The number of anilines is 1. The molecule has 3 aromatic carbocycles. The van der Waals surface area contributed by atoms with E-state index in [9.17, 15) is 14.7 Å². The monoisotopic (exact) mass is 521 g/mol. The molecule has 1 aliphatic rings. The molecule has 34 heavy (non-hydrogen) atoms. The fourth-order valence-corrected chi connectivity index (χ4v) is 4.63. The number of ether oxygens (including phenoxy) is 2. The molecule has 0 bridgehead atoms. The highest BCUT2D eigenvalue weighted by Crippen LogP contribution is 2.43. The van der Waals surface area contributed by atoms with Gasteiger partial charge in [-0.2, -0.15) is 0 Å². The Morgan fingerprint density at radius 1 is 1.06 bits per heavy atom. The first-order valence-corrected chi connectivity index (χ1v) is 11.6. The average molecular weight is 522 g/mol. The first kappa shape index (κ1) is 23.6. The van der Waals surface area contributed by atoms with Gasteiger partial charge in [0.05, 0.1) is 29.8 Å². The van der Waals surface area contributed by atoms with Gasteiger partial charge in [-0.3, -0.25) is 14.5 Å². The number of carbonyl (C=O) groups excluding carboxylic acids is 2. The molecule has 1 fully saturated rings. The molecule has 0 saturated carbocycles.